The van der Waals surface area contributed by atoms with Gasteiger partial charge in [0.25, 0.3) is 5.56 Å². The van der Waals surface area contributed by atoms with Crippen molar-refractivity contribution in [3.05, 3.63) is 57.2 Å². The Bertz CT molecular complexity index is 1450. The first-order chi connectivity index (χ1) is 14.3. The molecule has 0 amide bonds. The van der Waals surface area contributed by atoms with Gasteiger partial charge in [0.2, 0.25) is 5.58 Å². The van der Waals surface area contributed by atoms with Crippen molar-refractivity contribution < 1.29 is 4.42 Å². The molecule has 0 unspecified atom stereocenters. The lowest BCUT2D eigenvalue weighted by Gasteiger charge is -2.11. The largest absolute Gasteiger partial charge is 0.449 e. The summed E-state index contributed by atoms with van der Waals surface area (Å²) < 4.78 is 5.68. The second kappa shape index (κ2) is 6.67. The van der Waals surface area contributed by atoms with E-state index in [-0.39, 0.29) is 11.1 Å². The molecule has 8 heteroatoms. The number of aromatic amines is 1. The summed E-state index contributed by atoms with van der Waals surface area (Å²) in [5, 5.41) is 3.01. The van der Waals surface area contributed by atoms with E-state index < -0.39 is 0 Å². The molecule has 4 aromatic heterocycles. The molecule has 0 saturated carbocycles. The topological polar surface area (TPSA) is 84.7 Å². The molecular weight excluding hydrogens is 404 g/mol. The van der Waals surface area contributed by atoms with Crippen LogP contribution in [0, 0.1) is 0 Å². The fourth-order valence-electron chi connectivity index (χ4n) is 4.02. The zero-order valence-electron chi connectivity index (χ0n) is 15.4. The van der Waals surface area contributed by atoms with Crippen LogP contribution in [0.25, 0.3) is 32.3 Å². The van der Waals surface area contributed by atoms with E-state index in [2.05, 4.69) is 19.9 Å². The van der Waals surface area contributed by atoms with Crippen LogP contribution in [-0.2, 0) is 18.6 Å². The third kappa shape index (κ3) is 2.78. The molecule has 0 bridgehead atoms. The van der Waals surface area contributed by atoms with Crippen molar-refractivity contribution in [1.82, 2.24) is 19.9 Å². The maximum atomic E-state index is 12.5. The van der Waals surface area contributed by atoms with Gasteiger partial charge in [-0.2, -0.15) is 0 Å². The Hall–Kier alpha value is -2.71. The quantitative estimate of drug-likeness (QED) is 0.332. The van der Waals surface area contributed by atoms with E-state index in [1.165, 1.54) is 28.7 Å². The molecule has 144 valence electrons. The van der Waals surface area contributed by atoms with Crippen molar-refractivity contribution >= 4 is 55.4 Å². The number of hydrogen-bond donors (Lipinski definition) is 1. The summed E-state index contributed by atoms with van der Waals surface area (Å²) in [6.07, 6.45) is 6.34. The van der Waals surface area contributed by atoms with E-state index in [1.807, 2.05) is 24.3 Å². The second-order valence-corrected chi connectivity index (χ2v) is 9.19. The molecule has 4 heterocycles. The number of nitrogens with one attached hydrogen (secondary N) is 1. The summed E-state index contributed by atoms with van der Waals surface area (Å²) >= 11 is 3.39. The number of para-hydroxylation sites is 1. The predicted molar refractivity (Wildman–Crippen MR) is 116 cm³/mol. The Morgan fingerprint density at radius 2 is 2.07 bits per heavy atom. The number of fused-ring (bicyclic) bond motifs is 6. The lowest BCUT2D eigenvalue weighted by atomic mass is 9.97. The average Bonchev–Trinajstić information content (AvgIpc) is 3.31. The third-order valence-electron chi connectivity index (χ3n) is 5.34. The first-order valence-electron chi connectivity index (χ1n) is 9.56. The van der Waals surface area contributed by atoms with Gasteiger partial charge in [0, 0.05) is 15.6 Å². The summed E-state index contributed by atoms with van der Waals surface area (Å²) in [5.41, 5.74) is 2.73. The number of H-pyrrole nitrogens is 1. The summed E-state index contributed by atoms with van der Waals surface area (Å²) in [6, 6.07) is 7.59. The molecular formula is C21H16N4O2S2. The van der Waals surface area contributed by atoms with Crippen molar-refractivity contribution in [2.24, 2.45) is 0 Å². The molecule has 6 nitrogen and oxygen atoms in total. The number of rotatable bonds is 3. The van der Waals surface area contributed by atoms with Crippen molar-refractivity contribution in [2.45, 2.75) is 36.5 Å². The highest BCUT2D eigenvalue weighted by Crippen LogP contribution is 2.39. The molecule has 0 saturated heterocycles. The number of hydrogen-bond acceptors (Lipinski definition) is 7. The third-order valence-corrected chi connectivity index (χ3v) is 7.54. The van der Waals surface area contributed by atoms with Gasteiger partial charge < -0.3 is 9.40 Å². The normalized spacial score (nSPS) is 14.1. The van der Waals surface area contributed by atoms with Crippen molar-refractivity contribution in [1.29, 1.82) is 0 Å². The summed E-state index contributed by atoms with van der Waals surface area (Å²) in [7, 11) is 0. The van der Waals surface area contributed by atoms with Gasteiger partial charge in [-0.15, -0.1) is 11.3 Å². The number of aryl methyl sites for hydroxylation is 2. The fourth-order valence-corrected chi connectivity index (χ4v) is 6.21. The predicted octanol–water partition coefficient (Wildman–Crippen LogP) is 4.85. The minimum atomic E-state index is -0.248. The molecule has 1 N–H and O–H groups in total. The molecule has 0 atom stereocenters. The Labute approximate surface area is 173 Å². The highest BCUT2D eigenvalue weighted by atomic mass is 32.2. The van der Waals surface area contributed by atoms with Gasteiger partial charge in [0.15, 0.2) is 0 Å². The van der Waals surface area contributed by atoms with Crippen LogP contribution in [0.5, 0.6) is 0 Å². The number of thioether (sulfide) groups is 1. The van der Waals surface area contributed by atoms with Crippen LogP contribution in [-0.4, -0.2) is 19.9 Å². The number of thiophene rings is 1. The van der Waals surface area contributed by atoms with Crippen molar-refractivity contribution in [2.75, 3.05) is 0 Å². The molecule has 0 fully saturated rings. The van der Waals surface area contributed by atoms with Gasteiger partial charge in [-0.05, 0) is 43.4 Å². The van der Waals surface area contributed by atoms with Crippen LogP contribution in [0.2, 0.25) is 0 Å². The lowest BCUT2D eigenvalue weighted by molar-refractivity contribution is 0.660. The minimum absolute atomic E-state index is 0.248. The van der Waals surface area contributed by atoms with Crippen LogP contribution < -0.4 is 5.56 Å². The minimum Gasteiger partial charge on any atom is -0.449 e. The molecule has 6 rings (SSSR count). The van der Waals surface area contributed by atoms with E-state index in [1.54, 1.807) is 29.4 Å². The van der Waals surface area contributed by atoms with Crippen LogP contribution in [0.3, 0.4) is 0 Å². The lowest BCUT2D eigenvalue weighted by Crippen LogP contribution is -2.10. The van der Waals surface area contributed by atoms with Gasteiger partial charge in [-0.25, -0.2) is 15.0 Å². The van der Waals surface area contributed by atoms with E-state index in [0.29, 0.717) is 22.7 Å². The van der Waals surface area contributed by atoms with E-state index in [9.17, 15) is 4.79 Å². The zero-order valence-corrected chi connectivity index (χ0v) is 17.0. The SMILES string of the molecule is O=c1[nH]c(CSc2ncnc3sc4c(c23)CCCC4)nc2c1oc1ccccc12. The second-order valence-electron chi connectivity index (χ2n) is 7.15. The summed E-state index contributed by atoms with van der Waals surface area (Å²) in [4.78, 5) is 31.6. The van der Waals surface area contributed by atoms with E-state index in [4.69, 9.17) is 4.42 Å². The van der Waals surface area contributed by atoms with Gasteiger partial charge in [0.1, 0.15) is 33.1 Å². The maximum absolute atomic E-state index is 12.5. The highest BCUT2D eigenvalue weighted by Gasteiger charge is 2.20. The van der Waals surface area contributed by atoms with Gasteiger partial charge in [0.05, 0.1) is 5.75 Å². The van der Waals surface area contributed by atoms with Crippen LogP contribution in [0.1, 0.15) is 29.1 Å². The number of nitrogens with zero attached hydrogens (tertiary/aromatic N) is 3. The monoisotopic (exact) mass is 420 g/mol. The Balaban J connectivity index is 1.40. The molecule has 0 spiro atoms. The van der Waals surface area contributed by atoms with Gasteiger partial charge >= 0.3 is 0 Å². The smallest absolute Gasteiger partial charge is 0.294 e. The van der Waals surface area contributed by atoms with Crippen LogP contribution in [0.4, 0.5) is 0 Å². The molecule has 1 aromatic carbocycles. The Kier molecular flexibility index (Phi) is 3.95. The van der Waals surface area contributed by atoms with Gasteiger partial charge in [-0.1, -0.05) is 23.9 Å². The number of benzene rings is 1. The summed E-state index contributed by atoms with van der Waals surface area (Å²) in [5.74, 6) is 1.15. The van der Waals surface area contributed by atoms with Crippen molar-refractivity contribution in [3.8, 4) is 0 Å². The van der Waals surface area contributed by atoms with Crippen LogP contribution >= 0.6 is 23.1 Å². The molecule has 0 radical (unpaired) electrons. The molecule has 0 aliphatic heterocycles. The maximum Gasteiger partial charge on any atom is 0.294 e. The number of aromatic nitrogens is 4. The standard InChI is InChI=1S/C21H16N4O2S2/c26-19-18-17(11-5-1-3-7-13(11)27-18)24-15(25-19)9-28-20-16-12-6-2-4-8-14(12)29-21(16)23-10-22-20/h1,3,5,7,10H,2,4,6,8-9H2,(H,24,25,26). The zero-order chi connectivity index (χ0) is 19.4. The molecule has 5 aromatic rings. The molecule has 1 aliphatic carbocycles. The molecule has 1 aliphatic rings. The van der Waals surface area contributed by atoms with Crippen molar-refractivity contribution in [3.63, 3.8) is 0 Å². The van der Waals surface area contributed by atoms with E-state index >= 15 is 0 Å². The Morgan fingerprint density at radius 3 is 3.03 bits per heavy atom. The first kappa shape index (κ1) is 17.2. The molecule has 29 heavy (non-hydrogen) atoms. The summed E-state index contributed by atoms with van der Waals surface area (Å²) in [6.45, 7) is 0. The van der Waals surface area contributed by atoms with Crippen LogP contribution in [0.15, 0.2) is 44.8 Å². The van der Waals surface area contributed by atoms with Gasteiger partial charge in [-0.3, -0.25) is 4.79 Å². The number of furan rings is 1. The first-order valence-corrected chi connectivity index (χ1v) is 11.4. The van der Waals surface area contributed by atoms with E-state index in [0.717, 1.165) is 28.1 Å². The Morgan fingerprint density at radius 1 is 1.17 bits per heavy atom. The fraction of sp³-hybridized carbons (Fsp3) is 0.238. The highest BCUT2D eigenvalue weighted by molar-refractivity contribution is 7.98. The average molecular weight is 421 g/mol.